The van der Waals surface area contributed by atoms with Crippen LogP contribution in [0.1, 0.15) is 29.4 Å². The number of thiophene rings is 1. The van der Waals surface area contributed by atoms with E-state index in [0.717, 1.165) is 63.3 Å². The highest BCUT2D eigenvalue weighted by Crippen LogP contribution is 2.24. The maximum Gasteiger partial charge on any atom is 0.191 e. The number of hydrogen-bond donors (Lipinski definition) is 2. The summed E-state index contributed by atoms with van der Waals surface area (Å²) in [5.74, 6) is 2.77. The maximum atomic E-state index is 5.93. The number of nitrogens with zero attached hydrogens (tertiary/aromatic N) is 2. The molecule has 3 rings (SSSR count). The number of furan rings is 1. The molecule has 2 aromatic heterocycles. The number of aryl methyl sites for hydroxylation is 1. The number of nitrogens with one attached hydrogen (secondary N) is 2. The van der Waals surface area contributed by atoms with Gasteiger partial charge in [-0.15, -0.1) is 11.3 Å². The SMILES string of the molecule is CCNC(=NCC(c1ccc(C)o1)N1CCOCC1)NCCc1cccs1. The molecule has 0 bridgehead atoms. The molecule has 27 heavy (non-hydrogen) atoms. The number of rotatable bonds is 8. The Kier molecular flexibility index (Phi) is 7.74. The largest absolute Gasteiger partial charge is 0.465 e. The van der Waals surface area contributed by atoms with E-state index in [9.17, 15) is 0 Å². The molecule has 7 heteroatoms. The molecule has 6 nitrogen and oxygen atoms in total. The molecule has 2 N–H and O–H groups in total. The summed E-state index contributed by atoms with van der Waals surface area (Å²) in [5.41, 5.74) is 0. The zero-order valence-corrected chi connectivity index (χ0v) is 17.1. The fraction of sp³-hybridized carbons (Fsp3) is 0.550. The molecule has 148 valence electrons. The summed E-state index contributed by atoms with van der Waals surface area (Å²) in [6, 6.07) is 8.50. The summed E-state index contributed by atoms with van der Waals surface area (Å²) in [7, 11) is 0. The van der Waals surface area contributed by atoms with Gasteiger partial charge in [-0.05, 0) is 43.8 Å². The van der Waals surface area contributed by atoms with Crippen LogP contribution >= 0.6 is 11.3 Å². The highest BCUT2D eigenvalue weighted by Gasteiger charge is 2.25. The Labute approximate surface area is 165 Å². The molecule has 3 heterocycles. The van der Waals surface area contributed by atoms with Gasteiger partial charge in [0.05, 0.1) is 25.8 Å². The van der Waals surface area contributed by atoms with Crippen molar-refractivity contribution >= 4 is 17.3 Å². The lowest BCUT2D eigenvalue weighted by molar-refractivity contribution is 0.0135. The minimum absolute atomic E-state index is 0.135. The molecular formula is C20H30N4O2S. The molecule has 1 aliphatic rings. The first-order valence-electron chi connectivity index (χ1n) is 9.69. The van der Waals surface area contributed by atoms with Crippen LogP contribution in [0.5, 0.6) is 0 Å². The van der Waals surface area contributed by atoms with Crippen molar-refractivity contribution in [3.05, 3.63) is 46.0 Å². The Morgan fingerprint density at radius 2 is 2.11 bits per heavy atom. The van der Waals surface area contributed by atoms with Gasteiger partial charge in [-0.2, -0.15) is 0 Å². The van der Waals surface area contributed by atoms with E-state index in [4.69, 9.17) is 14.1 Å². The average molecular weight is 391 g/mol. The highest BCUT2D eigenvalue weighted by molar-refractivity contribution is 7.09. The van der Waals surface area contributed by atoms with Crippen LogP contribution in [0.25, 0.3) is 0 Å². The first-order chi connectivity index (χ1) is 13.3. The van der Waals surface area contributed by atoms with Gasteiger partial charge in [0.1, 0.15) is 11.5 Å². The minimum atomic E-state index is 0.135. The first kappa shape index (κ1) is 19.9. The summed E-state index contributed by atoms with van der Waals surface area (Å²) in [5, 5.41) is 8.91. The third kappa shape index (κ3) is 6.09. The van der Waals surface area contributed by atoms with Crippen LogP contribution in [0.3, 0.4) is 0 Å². The Morgan fingerprint density at radius 1 is 1.26 bits per heavy atom. The average Bonchev–Trinajstić information content (AvgIpc) is 3.35. The van der Waals surface area contributed by atoms with Crippen molar-refractivity contribution in [1.29, 1.82) is 0 Å². The number of aliphatic imine (C=N–C) groups is 1. The van der Waals surface area contributed by atoms with Crippen LogP contribution in [0.15, 0.2) is 39.1 Å². The van der Waals surface area contributed by atoms with E-state index in [-0.39, 0.29) is 6.04 Å². The quantitative estimate of drug-likeness (QED) is 0.536. The fourth-order valence-electron chi connectivity index (χ4n) is 3.19. The lowest BCUT2D eigenvalue weighted by Gasteiger charge is -2.32. The molecule has 1 saturated heterocycles. The smallest absolute Gasteiger partial charge is 0.191 e. The molecule has 1 atom stereocenters. The van der Waals surface area contributed by atoms with Crippen molar-refractivity contribution < 1.29 is 9.15 Å². The van der Waals surface area contributed by atoms with Gasteiger partial charge in [0.15, 0.2) is 5.96 Å². The van der Waals surface area contributed by atoms with Crippen molar-refractivity contribution in [1.82, 2.24) is 15.5 Å². The normalized spacial score (nSPS) is 17.0. The Bertz CT molecular complexity index is 693. The molecule has 0 radical (unpaired) electrons. The predicted octanol–water partition coefficient (Wildman–Crippen LogP) is 2.82. The van der Waals surface area contributed by atoms with E-state index in [1.807, 2.05) is 13.0 Å². The van der Waals surface area contributed by atoms with Crippen LogP contribution in [0.2, 0.25) is 0 Å². The van der Waals surface area contributed by atoms with Crippen molar-refractivity contribution in [2.75, 3.05) is 45.9 Å². The van der Waals surface area contributed by atoms with Crippen molar-refractivity contribution in [3.63, 3.8) is 0 Å². The van der Waals surface area contributed by atoms with Gasteiger partial charge in [-0.3, -0.25) is 9.89 Å². The maximum absolute atomic E-state index is 5.93. The van der Waals surface area contributed by atoms with Crippen molar-refractivity contribution in [2.45, 2.75) is 26.3 Å². The Hall–Kier alpha value is -1.83. The fourth-order valence-corrected chi connectivity index (χ4v) is 3.89. The Balaban J connectivity index is 1.63. The van der Waals surface area contributed by atoms with Crippen LogP contribution in [-0.2, 0) is 11.2 Å². The second kappa shape index (κ2) is 10.5. The van der Waals surface area contributed by atoms with Crippen molar-refractivity contribution in [2.24, 2.45) is 4.99 Å². The lowest BCUT2D eigenvalue weighted by atomic mass is 10.1. The van der Waals surface area contributed by atoms with Crippen LogP contribution in [-0.4, -0.2) is 56.8 Å². The van der Waals surface area contributed by atoms with Gasteiger partial charge in [-0.25, -0.2) is 0 Å². The zero-order valence-electron chi connectivity index (χ0n) is 16.2. The van der Waals surface area contributed by atoms with E-state index >= 15 is 0 Å². The predicted molar refractivity (Wildman–Crippen MR) is 111 cm³/mol. The second-order valence-corrected chi connectivity index (χ2v) is 7.62. The third-order valence-electron chi connectivity index (χ3n) is 4.59. The third-order valence-corrected chi connectivity index (χ3v) is 5.52. The molecule has 0 saturated carbocycles. The molecule has 0 aromatic carbocycles. The van der Waals surface area contributed by atoms with Gasteiger partial charge in [0, 0.05) is 31.1 Å². The summed E-state index contributed by atoms with van der Waals surface area (Å²) in [6.45, 7) is 9.77. The molecule has 2 aromatic rings. The van der Waals surface area contributed by atoms with Crippen molar-refractivity contribution in [3.8, 4) is 0 Å². The number of hydrogen-bond acceptors (Lipinski definition) is 5. The summed E-state index contributed by atoms with van der Waals surface area (Å²) in [4.78, 5) is 8.64. The van der Waals surface area contributed by atoms with Gasteiger partial charge in [0.2, 0.25) is 0 Å². The van der Waals surface area contributed by atoms with E-state index < -0.39 is 0 Å². The molecule has 1 aliphatic heterocycles. The van der Waals surface area contributed by atoms with E-state index in [0.29, 0.717) is 6.54 Å². The van der Waals surface area contributed by atoms with Crippen LogP contribution in [0, 0.1) is 6.92 Å². The number of morpholine rings is 1. The standard InChI is InChI=1S/C20H30N4O2S/c1-3-21-20(22-9-8-17-5-4-14-27-17)23-15-18(19-7-6-16(2)26-19)24-10-12-25-13-11-24/h4-7,14,18H,3,8-13,15H2,1-2H3,(H2,21,22,23). The van der Waals surface area contributed by atoms with E-state index in [2.05, 4.69) is 46.0 Å². The Morgan fingerprint density at radius 3 is 2.78 bits per heavy atom. The second-order valence-electron chi connectivity index (χ2n) is 6.59. The summed E-state index contributed by atoms with van der Waals surface area (Å²) >= 11 is 1.79. The van der Waals surface area contributed by atoms with Crippen LogP contribution < -0.4 is 10.6 Å². The highest BCUT2D eigenvalue weighted by atomic mass is 32.1. The van der Waals surface area contributed by atoms with Crippen LogP contribution in [0.4, 0.5) is 0 Å². The molecule has 0 amide bonds. The van der Waals surface area contributed by atoms with E-state index in [1.165, 1.54) is 4.88 Å². The molecule has 0 aliphatic carbocycles. The monoisotopic (exact) mass is 390 g/mol. The summed E-state index contributed by atoms with van der Waals surface area (Å²) < 4.78 is 11.4. The van der Waals surface area contributed by atoms with Gasteiger partial charge in [0.25, 0.3) is 0 Å². The van der Waals surface area contributed by atoms with Gasteiger partial charge >= 0.3 is 0 Å². The van der Waals surface area contributed by atoms with Gasteiger partial charge < -0.3 is 19.8 Å². The topological polar surface area (TPSA) is 62.0 Å². The number of ether oxygens (including phenoxy) is 1. The molecule has 1 fully saturated rings. The first-order valence-corrected chi connectivity index (χ1v) is 10.6. The summed E-state index contributed by atoms with van der Waals surface area (Å²) in [6.07, 6.45) is 1.01. The molecular weight excluding hydrogens is 360 g/mol. The minimum Gasteiger partial charge on any atom is -0.465 e. The molecule has 1 unspecified atom stereocenters. The zero-order chi connectivity index (χ0) is 18.9. The van der Waals surface area contributed by atoms with E-state index in [1.54, 1.807) is 11.3 Å². The lowest BCUT2D eigenvalue weighted by Crippen LogP contribution is -2.42. The van der Waals surface area contributed by atoms with Gasteiger partial charge in [-0.1, -0.05) is 6.07 Å². The molecule has 0 spiro atoms. The number of guanidine groups is 1.